The Balaban J connectivity index is 1.86. The van der Waals surface area contributed by atoms with Crippen LogP contribution in [0.3, 0.4) is 0 Å². The summed E-state index contributed by atoms with van der Waals surface area (Å²) in [6.07, 6.45) is 0.937. The molecule has 1 aromatic heterocycles. The summed E-state index contributed by atoms with van der Waals surface area (Å²) in [5.74, 6) is 1.62. The number of carbonyl (C=O) groups excluding carboxylic acids is 1. The van der Waals surface area contributed by atoms with Crippen LogP contribution in [0.4, 0.5) is 0 Å². The summed E-state index contributed by atoms with van der Waals surface area (Å²) >= 11 is 0. The number of guanidine groups is 1. The van der Waals surface area contributed by atoms with Crippen molar-refractivity contribution in [2.24, 2.45) is 4.99 Å². The first-order valence-corrected chi connectivity index (χ1v) is 8.86. The van der Waals surface area contributed by atoms with Gasteiger partial charge in [0.05, 0.1) is 11.0 Å². The molecule has 0 aliphatic heterocycles. The van der Waals surface area contributed by atoms with Gasteiger partial charge in [0, 0.05) is 26.2 Å². The first-order valence-electron chi connectivity index (χ1n) is 8.86. The number of hydrogen-bond donors (Lipinski definition) is 3. The van der Waals surface area contributed by atoms with E-state index in [0.29, 0.717) is 12.5 Å². The molecule has 2 rings (SSSR count). The zero-order chi connectivity index (χ0) is 18.1. The van der Waals surface area contributed by atoms with Gasteiger partial charge in [-0.2, -0.15) is 0 Å². The number of aryl methyl sites for hydroxylation is 2. The number of likely N-dealkylation sites (N-methyl/N-ethyl adjacent to an activating group) is 1. The Morgan fingerprint density at radius 1 is 1.16 bits per heavy atom. The number of nitrogens with one attached hydrogen (secondary N) is 3. The summed E-state index contributed by atoms with van der Waals surface area (Å²) in [6, 6.07) is 8.18. The fraction of sp³-hybridized carbons (Fsp3) is 0.500. The number of imidazole rings is 1. The van der Waals surface area contributed by atoms with Crippen LogP contribution in [0.25, 0.3) is 11.0 Å². The van der Waals surface area contributed by atoms with Crippen molar-refractivity contribution in [3.05, 3.63) is 30.1 Å². The molecule has 25 heavy (non-hydrogen) atoms. The number of aromatic nitrogens is 2. The Labute approximate surface area is 148 Å². The summed E-state index contributed by atoms with van der Waals surface area (Å²) in [7, 11) is 0. The third kappa shape index (κ3) is 5.48. The lowest BCUT2D eigenvalue weighted by Gasteiger charge is -2.12. The van der Waals surface area contributed by atoms with Gasteiger partial charge in [-0.05, 0) is 39.3 Å². The highest BCUT2D eigenvalue weighted by Crippen LogP contribution is 2.15. The van der Waals surface area contributed by atoms with Crippen LogP contribution in [0.15, 0.2) is 29.3 Å². The smallest absolute Gasteiger partial charge is 0.241 e. The lowest BCUT2D eigenvalue weighted by molar-refractivity contribution is -0.119. The standard InChI is InChI=1S/C18H28N6O/c1-4-19-17(25)13-22-18(20-5-2)21-11-8-12-24-14(3)23-15-9-6-7-10-16(15)24/h6-7,9-10H,4-5,8,11-13H2,1-3H3,(H,19,25)(H2,20,21,22). The third-order valence-corrected chi connectivity index (χ3v) is 3.80. The third-order valence-electron chi connectivity index (χ3n) is 3.80. The molecule has 0 saturated carbocycles. The topological polar surface area (TPSA) is 83.3 Å². The molecule has 136 valence electrons. The predicted molar refractivity (Wildman–Crippen MR) is 102 cm³/mol. The highest BCUT2D eigenvalue weighted by Gasteiger charge is 2.06. The molecule has 1 heterocycles. The molecular weight excluding hydrogens is 316 g/mol. The molecule has 0 aliphatic rings. The summed E-state index contributed by atoms with van der Waals surface area (Å²) < 4.78 is 2.23. The fourth-order valence-electron chi connectivity index (χ4n) is 2.67. The largest absolute Gasteiger partial charge is 0.357 e. The van der Waals surface area contributed by atoms with Crippen LogP contribution in [-0.2, 0) is 11.3 Å². The highest BCUT2D eigenvalue weighted by atomic mass is 16.1. The number of rotatable bonds is 8. The van der Waals surface area contributed by atoms with Crippen LogP contribution in [0.5, 0.6) is 0 Å². The van der Waals surface area contributed by atoms with E-state index in [1.165, 1.54) is 0 Å². The number of carbonyl (C=O) groups is 1. The number of benzene rings is 1. The molecule has 0 bridgehead atoms. The van der Waals surface area contributed by atoms with Gasteiger partial charge >= 0.3 is 0 Å². The van der Waals surface area contributed by atoms with Gasteiger partial charge in [0.25, 0.3) is 0 Å². The van der Waals surface area contributed by atoms with Crippen molar-refractivity contribution in [3.8, 4) is 0 Å². The monoisotopic (exact) mass is 344 g/mol. The Morgan fingerprint density at radius 3 is 2.68 bits per heavy atom. The SMILES string of the molecule is CCNC(=O)CN=C(NCC)NCCCn1c(C)nc2ccccc21. The molecule has 0 spiro atoms. The molecule has 7 nitrogen and oxygen atoms in total. The molecule has 0 saturated heterocycles. The predicted octanol–water partition coefficient (Wildman–Crippen LogP) is 1.43. The Hall–Kier alpha value is -2.57. The number of fused-ring (bicyclic) bond motifs is 1. The lowest BCUT2D eigenvalue weighted by atomic mass is 10.3. The van der Waals surface area contributed by atoms with E-state index in [9.17, 15) is 4.79 Å². The van der Waals surface area contributed by atoms with Crippen molar-refractivity contribution in [1.82, 2.24) is 25.5 Å². The minimum Gasteiger partial charge on any atom is -0.357 e. The molecule has 0 unspecified atom stereocenters. The molecular formula is C18H28N6O. The average Bonchev–Trinajstić information content (AvgIpc) is 2.92. The zero-order valence-electron chi connectivity index (χ0n) is 15.3. The lowest BCUT2D eigenvalue weighted by Crippen LogP contribution is -2.39. The quantitative estimate of drug-likeness (QED) is 0.384. The van der Waals surface area contributed by atoms with E-state index in [0.717, 1.165) is 42.9 Å². The fourth-order valence-corrected chi connectivity index (χ4v) is 2.67. The van der Waals surface area contributed by atoms with Crippen LogP contribution in [-0.4, -0.2) is 47.6 Å². The van der Waals surface area contributed by atoms with Crippen LogP contribution in [0, 0.1) is 6.92 Å². The molecule has 0 aliphatic carbocycles. The molecule has 1 aromatic carbocycles. The van der Waals surface area contributed by atoms with Gasteiger partial charge < -0.3 is 20.5 Å². The van der Waals surface area contributed by atoms with Crippen molar-refractivity contribution in [2.75, 3.05) is 26.2 Å². The summed E-state index contributed by atoms with van der Waals surface area (Å²) in [5.41, 5.74) is 2.20. The number of amides is 1. The molecule has 0 atom stereocenters. The van der Waals surface area contributed by atoms with Gasteiger partial charge in [-0.25, -0.2) is 9.98 Å². The second kappa shape index (κ2) is 9.66. The first-order chi connectivity index (χ1) is 12.2. The van der Waals surface area contributed by atoms with E-state index in [2.05, 4.69) is 36.6 Å². The second-order valence-corrected chi connectivity index (χ2v) is 5.73. The number of aliphatic imine (C=N–C) groups is 1. The number of hydrogen-bond acceptors (Lipinski definition) is 3. The maximum absolute atomic E-state index is 11.5. The molecule has 0 fully saturated rings. The van der Waals surface area contributed by atoms with E-state index >= 15 is 0 Å². The summed E-state index contributed by atoms with van der Waals surface area (Å²) in [6.45, 7) is 9.10. The minimum absolute atomic E-state index is 0.0692. The number of para-hydroxylation sites is 2. The Morgan fingerprint density at radius 2 is 1.92 bits per heavy atom. The van der Waals surface area contributed by atoms with Gasteiger partial charge in [-0.15, -0.1) is 0 Å². The maximum atomic E-state index is 11.5. The molecule has 2 aromatic rings. The van der Waals surface area contributed by atoms with Crippen LogP contribution >= 0.6 is 0 Å². The van der Waals surface area contributed by atoms with Gasteiger partial charge in [0.2, 0.25) is 5.91 Å². The molecule has 0 radical (unpaired) electrons. The van der Waals surface area contributed by atoms with Gasteiger partial charge in [-0.1, -0.05) is 12.1 Å². The molecule has 3 N–H and O–H groups in total. The van der Waals surface area contributed by atoms with Crippen molar-refractivity contribution >= 4 is 22.9 Å². The highest BCUT2D eigenvalue weighted by molar-refractivity contribution is 5.84. The average molecular weight is 344 g/mol. The molecule has 7 heteroatoms. The van der Waals surface area contributed by atoms with Crippen LogP contribution in [0.2, 0.25) is 0 Å². The van der Waals surface area contributed by atoms with Crippen LogP contribution < -0.4 is 16.0 Å². The van der Waals surface area contributed by atoms with Crippen molar-refractivity contribution in [3.63, 3.8) is 0 Å². The van der Waals surface area contributed by atoms with E-state index in [4.69, 9.17) is 0 Å². The van der Waals surface area contributed by atoms with Crippen LogP contribution in [0.1, 0.15) is 26.1 Å². The van der Waals surface area contributed by atoms with E-state index in [-0.39, 0.29) is 12.5 Å². The van der Waals surface area contributed by atoms with E-state index in [1.807, 2.05) is 39.0 Å². The zero-order valence-corrected chi connectivity index (χ0v) is 15.3. The normalized spacial score (nSPS) is 11.6. The number of nitrogens with zero attached hydrogens (tertiary/aromatic N) is 3. The minimum atomic E-state index is -0.0692. The second-order valence-electron chi connectivity index (χ2n) is 5.73. The van der Waals surface area contributed by atoms with E-state index in [1.54, 1.807) is 0 Å². The first kappa shape index (κ1) is 18.8. The van der Waals surface area contributed by atoms with E-state index < -0.39 is 0 Å². The maximum Gasteiger partial charge on any atom is 0.241 e. The van der Waals surface area contributed by atoms with Crippen molar-refractivity contribution < 1.29 is 4.79 Å². The van der Waals surface area contributed by atoms with Gasteiger partial charge in [0.1, 0.15) is 12.4 Å². The molecule has 1 amide bonds. The van der Waals surface area contributed by atoms with Gasteiger partial charge in [0.15, 0.2) is 5.96 Å². The Bertz CT molecular complexity index is 721. The van der Waals surface area contributed by atoms with Gasteiger partial charge in [-0.3, -0.25) is 4.79 Å². The Kier molecular flexibility index (Phi) is 7.25. The van der Waals surface area contributed by atoms with Crippen molar-refractivity contribution in [1.29, 1.82) is 0 Å². The van der Waals surface area contributed by atoms with Crippen molar-refractivity contribution in [2.45, 2.75) is 33.7 Å². The summed E-state index contributed by atoms with van der Waals surface area (Å²) in [5, 5.41) is 9.17. The summed E-state index contributed by atoms with van der Waals surface area (Å²) in [4.78, 5) is 20.4.